The summed E-state index contributed by atoms with van der Waals surface area (Å²) in [6, 6.07) is 0. The molecular formula is C8H9IN2O2S. The highest BCUT2D eigenvalue weighted by molar-refractivity contribution is 14.1. The maximum Gasteiger partial charge on any atom is 0.317 e. The number of aromatic nitrogens is 2. The van der Waals surface area contributed by atoms with Gasteiger partial charge in [-0.15, -0.1) is 0 Å². The third-order valence-electron chi connectivity index (χ3n) is 1.53. The molecule has 0 spiro atoms. The summed E-state index contributed by atoms with van der Waals surface area (Å²) in [6.07, 6.45) is 3.68. The highest BCUT2D eigenvalue weighted by Gasteiger charge is 2.18. The van der Waals surface area contributed by atoms with Gasteiger partial charge >= 0.3 is 5.97 Å². The van der Waals surface area contributed by atoms with Crippen molar-refractivity contribution in [2.24, 2.45) is 0 Å². The third-order valence-corrected chi connectivity index (χ3v) is 4.06. The van der Waals surface area contributed by atoms with Gasteiger partial charge in [-0.2, -0.15) is 0 Å². The molecule has 0 bridgehead atoms. The minimum absolute atomic E-state index is 0.432. The molecule has 1 aromatic heterocycles. The summed E-state index contributed by atoms with van der Waals surface area (Å²) < 4.78 is 0.884. The fourth-order valence-corrected chi connectivity index (χ4v) is 2.32. The number of rotatable bonds is 4. The molecule has 1 aromatic rings. The molecule has 0 aliphatic heterocycles. The fourth-order valence-electron chi connectivity index (χ4n) is 0.831. The Morgan fingerprint density at radius 3 is 3.00 bits per heavy atom. The molecule has 1 atom stereocenters. The SMILES string of the molecule is CCC(Sc1ncncc1I)C(=O)O. The second-order valence-electron chi connectivity index (χ2n) is 2.53. The van der Waals surface area contributed by atoms with Gasteiger partial charge in [0.25, 0.3) is 0 Å². The van der Waals surface area contributed by atoms with E-state index < -0.39 is 11.2 Å². The number of nitrogens with zero attached hydrogens (tertiary/aromatic N) is 2. The van der Waals surface area contributed by atoms with Crippen LogP contribution in [-0.4, -0.2) is 26.3 Å². The number of thioether (sulfide) groups is 1. The predicted octanol–water partition coefficient (Wildman–Crippen LogP) is 2.04. The highest BCUT2D eigenvalue weighted by atomic mass is 127. The molecule has 0 aliphatic carbocycles. The van der Waals surface area contributed by atoms with Crippen molar-refractivity contribution in [1.82, 2.24) is 9.97 Å². The minimum atomic E-state index is -0.799. The lowest BCUT2D eigenvalue weighted by Crippen LogP contribution is -2.15. The van der Waals surface area contributed by atoms with Crippen molar-refractivity contribution < 1.29 is 9.90 Å². The number of carboxylic acids is 1. The standard InChI is InChI=1S/C8H9IN2O2S/c1-2-6(8(12)13)14-7-5(9)3-10-4-11-7/h3-4,6H,2H2,1H3,(H,12,13). The quantitative estimate of drug-likeness (QED) is 0.522. The molecule has 0 aromatic carbocycles. The highest BCUT2D eigenvalue weighted by Crippen LogP contribution is 2.26. The van der Waals surface area contributed by atoms with Gasteiger partial charge in [0.15, 0.2) is 0 Å². The van der Waals surface area contributed by atoms with E-state index in [-0.39, 0.29) is 0 Å². The van der Waals surface area contributed by atoms with E-state index >= 15 is 0 Å². The number of aliphatic carboxylic acids is 1. The summed E-state index contributed by atoms with van der Waals surface area (Å²) in [4.78, 5) is 18.7. The van der Waals surface area contributed by atoms with Crippen molar-refractivity contribution in [2.75, 3.05) is 0 Å². The van der Waals surface area contributed by atoms with E-state index in [2.05, 4.69) is 32.6 Å². The first-order chi connectivity index (χ1) is 6.65. The van der Waals surface area contributed by atoms with Gasteiger partial charge in [0.1, 0.15) is 16.6 Å². The van der Waals surface area contributed by atoms with Gasteiger partial charge in [0.05, 0.1) is 3.57 Å². The zero-order valence-corrected chi connectivity index (χ0v) is 10.4. The smallest absolute Gasteiger partial charge is 0.317 e. The molecule has 14 heavy (non-hydrogen) atoms. The molecule has 0 aliphatic rings. The first kappa shape index (κ1) is 11.7. The number of hydrogen-bond acceptors (Lipinski definition) is 4. The van der Waals surface area contributed by atoms with Gasteiger partial charge in [-0.05, 0) is 29.0 Å². The molecule has 1 N–H and O–H groups in total. The Balaban J connectivity index is 2.77. The molecule has 0 radical (unpaired) electrons. The van der Waals surface area contributed by atoms with Crippen LogP contribution in [0.4, 0.5) is 0 Å². The zero-order chi connectivity index (χ0) is 10.6. The van der Waals surface area contributed by atoms with Gasteiger partial charge in [-0.1, -0.05) is 18.7 Å². The van der Waals surface area contributed by atoms with Gasteiger partial charge in [0, 0.05) is 6.20 Å². The van der Waals surface area contributed by atoms with Crippen molar-refractivity contribution in [3.8, 4) is 0 Å². The first-order valence-corrected chi connectivity index (χ1v) is 5.96. The van der Waals surface area contributed by atoms with E-state index in [0.29, 0.717) is 6.42 Å². The lowest BCUT2D eigenvalue weighted by molar-refractivity contribution is -0.136. The molecule has 0 saturated carbocycles. The molecule has 4 nitrogen and oxygen atoms in total. The third kappa shape index (κ3) is 3.09. The van der Waals surface area contributed by atoms with E-state index in [9.17, 15) is 4.79 Å². The van der Waals surface area contributed by atoms with Crippen LogP contribution in [0.25, 0.3) is 0 Å². The Bertz CT molecular complexity index is 335. The van der Waals surface area contributed by atoms with Crippen LogP contribution in [-0.2, 0) is 4.79 Å². The Morgan fingerprint density at radius 2 is 2.50 bits per heavy atom. The lowest BCUT2D eigenvalue weighted by atomic mass is 10.3. The molecule has 1 unspecified atom stereocenters. The molecule has 1 rings (SSSR count). The summed E-state index contributed by atoms with van der Waals surface area (Å²) in [5.74, 6) is -0.799. The maximum absolute atomic E-state index is 10.8. The Morgan fingerprint density at radius 1 is 1.79 bits per heavy atom. The number of carbonyl (C=O) groups is 1. The van der Waals surface area contributed by atoms with E-state index in [4.69, 9.17) is 5.11 Å². The van der Waals surface area contributed by atoms with Crippen LogP contribution >= 0.6 is 34.4 Å². The first-order valence-electron chi connectivity index (χ1n) is 4.00. The van der Waals surface area contributed by atoms with Gasteiger partial charge < -0.3 is 5.11 Å². The van der Waals surface area contributed by atoms with Crippen LogP contribution in [0.15, 0.2) is 17.6 Å². The number of hydrogen-bond donors (Lipinski definition) is 1. The summed E-state index contributed by atoms with van der Waals surface area (Å²) in [7, 11) is 0. The second kappa shape index (κ2) is 5.50. The van der Waals surface area contributed by atoms with Crippen LogP contribution < -0.4 is 0 Å². The number of carboxylic acid groups (broad SMARTS) is 1. The van der Waals surface area contributed by atoms with E-state index in [1.54, 1.807) is 6.20 Å². The van der Waals surface area contributed by atoms with Crippen molar-refractivity contribution >= 4 is 40.3 Å². The lowest BCUT2D eigenvalue weighted by Gasteiger charge is -2.08. The van der Waals surface area contributed by atoms with Crippen molar-refractivity contribution in [1.29, 1.82) is 0 Å². The average molecular weight is 324 g/mol. The summed E-state index contributed by atoms with van der Waals surface area (Å²) in [6.45, 7) is 1.85. The second-order valence-corrected chi connectivity index (χ2v) is 4.88. The molecule has 0 amide bonds. The summed E-state index contributed by atoms with van der Waals surface area (Å²) in [5.41, 5.74) is 0. The van der Waals surface area contributed by atoms with Gasteiger partial charge in [0.2, 0.25) is 0 Å². The molecule has 0 saturated heterocycles. The van der Waals surface area contributed by atoms with Crippen LogP contribution in [0.2, 0.25) is 0 Å². The van der Waals surface area contributed by atoms with Crippen LogP contribution in [0, 0.1) is 3.57 Å². The van der Waals surface area contributed by atoms with Gasteiger partial charge in [-0.25, -0.2) is 9.97 Å². The summed E-state index contributed by atoms with van der Waals surface area (Å²) >= 11 is 3.36. The van der Waals surface area contributed by atoms with Gasteiger partial charge in [-0.3, -0.25) is 4.79 Å². The van der Waals surface area contributed by atoms with E-state index in [1.807, 2.05) is 6.92 Å². The molecule has 6 heteroatoms. The monoisotopic (exact) mass is 324 g/mol. The molecule has 76 valence electrons. The van der Waals surface area contributed by atoms with Crippen LogP contribution in [0.3, 0.4) is 0 Å². The Kier molecular flexibility index (Phi) is 4.59. The molecular weight excluding hydrogens is 315 g/mol. The topological polar surface area (TPSA) is 63.1 Å². The Hall–Kier alpha value is -0.370. The zero-order valence-electron chi connectivity index (χ0n) is 7.48. The largest absolute Gasteiger partial charge is 0.480 e. The Labute approximate surface area is 99.7 Å². The van der Waals surface area contributed by atoms with Crippen molar-refractivity contribution in [2.45, 2.75) is 23.6 Å². The minimum Gasteiger partial charge on any atom is -0.480 e. The van der Waals surface area contributed by atoms with E-state index in [0.717, 1.165) is 8.60 Å². The predicted molar refractivity (Wildman–Crippen MR) is 62.3 cm³/mol. The van der Waals surface area contributed by atoms with Crippen molar-refractivity contribution in [3.63, 3.8) is 0 Å². The summed E-state index contributed by atoms with van der Waals surface area (Å²) in [5, 5.41) is 9.16. The van der Waals surface area contributed by atoms with Crippen molar-refractivity contribution in [3.05, 3.63) is 16.1 Å². The maximum atomic E-state index is 10.8. The molecule has 1 heterocycles. The van der Waals surface area contributed by atoms with E-state index in [1.165, 1.54) is 18.1 Å². The average Bonchev–Trinajstić information content (AvgIpc) is 2.16. The fraction of sp³-hybridized carbons (Fsp3) is 0.375. The molecule has 0 fully saturated rings. The number of halogens is 1. The van der Waals surface area contributed by atoms with Crippen LogP contribution in [0.5, 0.6) is 0 Å². The normalized spacial score (nSPS) is 12.4. The van der Waals surface area contributed by atoms with Crippen LogP contribution in [0.1, 0.15) is 13.3 Å².